The van der Waals surface area contributed by atoms with Crippen molar-refractivity contribution in [3.05, 3.63) is 78.5 Å². The Kier molecular flexibility index (Phi) is 6.27. The smallest absolute Gasteiger partial charge is 0.255 e. The number of likely N-dealkylation sites (tertiary alicyclic amines) is 1. The lowest BCUT2D eigenvalue weighted by Crippen LogP contribution is -2.39. The maximum Gasteiger partial charge on any atom is 0.255 e. The van der Waals surface area contributed by atoms with Gasteiger partial charge in [-0.1, -0.05) is 30.3 Å². The predicted molar refractivity (Wildman–Crippen MR) is 136 cm³/mol. The Hall–Kier alpha value is -4.07. The number of hydrogen-bond donors (Lipinski definition) is 0. The number of nitrogens with zero attached hydrogens (tertiary/aromatic N) is 7. The van der Waals surface area contributed by atoms with Crippen molar-refractivity contribution in [2.45, 2.75) is 18.8 Å². The van der Waals surface area contributed by atoms with Gasteiger partial charge in [0.1, 0.15) is 0 Å². The molecule has 1 aliphatic heterocycles. The van der Waals surface area contributed by atoms with Crippen LogP contribution in [-0.4, -0.2) is 62.7 Å². The summed E-state index contributed by atoms with van der Waals surface area (Å²) in [6.07, 6.45) is 9.16. The molecule has 8 heteroatoms. The fourth-order valence-electron chi connectivity index (χ4n) is 4.56. The van der Waals surface area contributed by atoms with Crippen LogP contribution in [0.4, 0.5) is 5.95 Å². The van der Waals surface area contributed by atoms with Gasteiger partial charge in [-0.2, -0.15) is 5.10 Å². The highest BCUT2D eigenvalue weighted by Crippen LogP contribution is 2.34. The number of piperidine rings is 1. The molecule has 0 saturated carbocycles. The molecule has 1 saturated heterocycles. The number of benzene rings is 1. The summed E-state index contributed by atoms with van der Waals surface area (Å²) >= 11 is 0. The zero-order chi connectivity index (χ0) is 24.4. The number of anilines is 1. The van der Waals surface area contributed by atoms with Crippen LogP contribution in [0.3, 0.4) is 0 Å². The van der Waals surface area contributed by atoms with Crippen molar-refractivity contribution in [1.29, 1.82) is 0 Å². The lowest BCUT2D eigenvalue weighted by molar-refractivity contribution is 0.0705. The van der Waals surface area contributed by atoms with Crippen LogP contribution in [-0.2, 0) is 7.05 Å². The van der Waals surface area contributed by atoms with Crippen LogP contribution in [0.1, 0.15) is 34.8 Å². The highest BCUT2D eigenvalue weighted by atomic mass is 16.2. The molecular formula is C27H29N7O. The molecule has 1 aromatic carbocycles. The van der Waals surface area contributed by atoms with Crippen LogP contribution in [0.25, 0.3) is 22.4 Å². The van der Waals surface area contributed by atoms with E-state index < -0.39 is 0 Å². The SMILES string of the molecule is CN(C)c1ncc(-c2ccccc2)c([C@H]2CCCN(C(=O)c3ccc(-c4cnn(C)c4)nc3)C2)n1. The van der Waals surface area contributed by atoms with E-state index in [2.05, 4.69) is 27.2 Å². The second-order valence-corrected chi connectivity index (χ2v) is 9.15. The number of carbonyl (C=O) groups excluding carboxylic acids is 1. The first-order valence-corrected chi connectivity index (χ1v) is 11.8. The first kappa shape index (κ1) is 22.7. The zero-order valence-corrected chi connectivity index (χ0v) is 20.3. The summed E-state index contributed by atoms with van der Waals surface area (Å²) in [5, 5.41) is 4.20. The van der Waals surface area contributed by atoms with E-state index in [0.29, 0.717) is 18.1 Å². The number of carbonyl (C=O) groups is 1. The molecule has 0 aliphatic carbocycles. The number of rotatable bonds is 5. The Morgan fingerprint density at radius 2 is 1.83 bits per heavy atom. The Morgan fingerprint density at radius 3 is 2.51 bits per heavy atom. The fraction of sp³-hybridized carbons (Fsp3) is 0.296. The highest BCUT2D eigenvalue weighted by Gasteiger charge is 2.29. The largest absolute Gasteiger partial charge is 0.347 e. The minimum Gasteiger partial charge on any atom is -0.347 e. The first-order valence-electron chi connectivity index (χ1n) is 11.8. The van der Waals surface area contributed by atoms with Crippen molar-refractivity contribution in [1.82, 2.24) is 29.6 Å². The van der Waals surface area contributed by atoms with Gasteiger partial charge in [0.2, 0.25) is 5.95 Å². The van der Waals surface area contributed by atoms with Crippen molar-refractivity contribution in [2.75, 3.05) is 32.1 Å². The molecule has 5 rings (SSSR count). The van der Waals surface area contributed by atoms with E-state index >= 15 is 0 Å². The fourth-order valence-corrected chi connectivity index (χ4v) is 4.56. The third-order valence-electron chi connectivity index (χ3n) is 6.40. The van der Waals surface area contributed by atoms with E-state index in [1.54, 1.807) is 17.1 Å². The van der Waals surface area contributed by atoms with Crippen LogP contribution in [0.15, 0.2) is 67.3 Å². The molecule has 4 aromatic rings. The number of amides is 1. The maximum absolute atomic E-state index is 13.4. The van der Waals surface area contributed by atoms with Gasteiger partial charge in [0.05, 0.1) is 23.1 Å². The second kappa shape index (κ2) is 9.66. The van der Waals surface area contributed by atoms with Crippen LogP contribution in [0.5, 0.6) is 0 Å². The minimum absolute atomic E-state index is 0.00286. The van der Waals surface area contributed by atoms with Gasteiger partial charge in [0.15, 0.2) is 0 Å². The number of aromatic nitrogens is 5. The monoisotopic (exact) mass is 467 g/mol. The molecule has 4 heterocycles. The van der Waals surface area contributed by atoms with Gasteiger partial charge in [-0.15, -0.1) is 0 Å². The van der Waals surface area contributed by atoms with E-state index in [1.165, 1.54) is 0 Å². The summed E-state index contributed by atoms with van der Waals surface area (Å²) in [6.45, 7) is 1.35. The van der Waals surface area contributed by atoms with Crippen molar-refractivity contribution < 1.29 is 4.79 Å². The Bertz CT molecular complexity index is 1320. The Balaban J connectivity index is 1.40. The van der Waals surface area contributed by atoms with Gasteiger partial charge in [0.25, 0.3) is 5.91 Å². The molecule has 1 atom stereocenters. The van der Waals surface area contributed by atoms with Gasteiger partial charge >= 0.3 is 0 Å². The topological polar surface area (TPSA) is 80.0 Å². The van der Waals surface area contributed by atoms with Gasteiger partial charge in [-0.25, -0.2) is 9.97 Å². The lowest BCUT2D eigenvalue weighted by Gasteiger charge is -2.33. The third kappa shape index (κ3) is 4.77. The summed E-state index contributed by atoms with van der Waals surface area (Å²) in [6, 6.07) is 14.0. The van der Waals surface area contributed by atoms with Gasteiger partial charge in [-0.05, 0) is 30.5 Å². The summed E-state index contributed by atoms with van der Waals surface area (Å²) in [5.74, 6) is 0.814. The van der Waals surface area contributed by atoms with Crippen molar-refractivity contribution in [2.24, 2.45) is 7.05 Å². The summed E-state index contributed by atoms with van der Waals surface area (Å²) in [7, 11) is 5.76. The molecule has 0 unspecified atom stereocenters. The quantitative estimate of drug-likeness (QED) is 0.441. The normalized spacial score (nSPS) is 15.7. The van der Waals surface area contributed by atoms with Crippen LogP contribution in [0.2, 0.25) is 0 Å². The molecule has 8 nitrogen and oxygen atoms in total. The van der Waals surface area contributed by atoms with Crippen molar-refractivity contribution >= 4 is 11.9 Å². The van der Waals surface area contributed by atoms with E-state index in [-0.39, 0.29) is 11.8 Å². The third-order valence-corrected chi connectivity index (χ3v) is 6.40. The molecule has 0 spiro atoms. The number of pyridine rings is 1. The molecule has 1 aliphatic rings. The lowest BCUT2D eigenvalue weighted by atomic mass is 9.89. The van der Waals surface area contributed by atoms with E-state index in [1.807, 2.05) is 73.7 Å². The molecule has 178 valence electrons. The van der Waals surface area contributed by atoms with E-state index in [0.717, 1.165) is 47.5 Å². The highest BCUT2D eigenvalue weighted by molar-refractivity contribution is 5.94. The maximum atomic E-state index is 13.4. The van der Waals surface area contributed by atoms with E-state index in [4.69, 9.17) is 4.98 Å². The number of hydrogen-bond acceptors (Lipinski definition) is 6. The summed E-state index contributed by atoms with van der Waals surface area (Å²) < 4.78 is 1.74. The molecule has 0 radical (unpaired) electrons. The van der Waals surface area contributed by atoms with Crippen LogP contribution >= 0.6 is 0 Å². The molecule has 1 fully saturated rings. The molecule has 1 amide bonds. The molecule has 0 N–H and O–H groups in total. The Morgan fingerprint density at radius 1 is 1.00 bits per heavy atom. The molecule has 35 heavy (non-hydrogen) atoms. The summed E-state index contributed by atoms with van der Waals surface area (Å²) in [4.78, 5) is 31.3. The number of aryl methyl sites for hydroxylation is 1. The first-order chi connectivity index (χ1) is 17.0. The molecule has 0 bridgehead atoms. The molecule has 3 aromatic heterocycles. The van der Waals surface area contributed by atoms with Crippen LogP contribution < -0.4 is 4.90 Å². The van der Waals surface area contributed by atoms with Gasteiger partial charge < -0.3 is 9.80 Å². The standard InChI is InChI=1S/C27H29N7O/c1-32(2)27-29-16-23(19-8-5-4-6-9-19)25(31-27)21-10-7-13-34(18-21)26(35)20-11-12-24(28-14-20)22-15-30-33(3)17-22/h4-6,8-9,11-12,14-17,21H,7,10,13,18H2,1-3H3/t21-/m0/s1. The average Bonchev–Trinajstić information content (AvgIpc) is 3.34. The van der Waals surface area contributed by atoms with Crippen molar-refractivity contribution in [3.63, 3.8) is 0 Å². The van der Waals surface area contributed by atoms with Gasteiger partial charge in [0, 0.05) is 69.9 Å². The Labute approximate surface area is 205 Å². The van der Waals surface area contributed by atoms with E-state index in [9.17, 15) is 4.79 Å². The minimum atomic E-state index is 0.00286. The zero-order valence-electron chi connectivity index (χ0n) is 20.3. The van der Waals surface area contributed by atoms with Crippen LogP contribution in [0, 0.1) is 0 Å². The molecular weight excluding hydrogens is 438 g/mol. The average molecular weight is 468 g/mol. The van der Waals surface area contributed by atoms with Gasteiger partial charge in [-0.3, -0.25) is 14.5 Å². The second-order valence-electron chi connectivity index (χ2n) is 9.15. The predicted octanol–water partition coefficient (Wildman–Crippen LogP) is 4.02. The summed E-state index contributed by atoms with van der Waals surface area (Å²) in [5.41, 5.74) is 5.44. The van der Waals surface area contributed by atoms with Crippen molar-refractivity contribution in [3.8, 4) is 22.4 Å².